The Balaban J connectivity index is 1.57. The van der Waals surface area contributed by atoms with Crippen LogP contribution in [0.1, 0.15) is 57.2 Å². The van der Waals surface area contributed by atoms with Gasteiger partial charge in [-0.2, -0.15) is 0 Å². The second-order valence-corrected chi connectivity index (χ2v) is 11.0. The Kier molecular flexibility index (Phi) is 5.05. The third-order valence-corrected chi connectivity index (χ3v) is 7.79. The molecule has 0 radical (unpaired) electrons. The summed E-state index contributed by atoms with van der Waals surface area (Å²) < 4.78 is 12.0. The summed E-state index contributed by atoms with van der Waals surface area (Å²) in [5.41, 5.74) is 2.47. The van der Waals surface area contributed by atoms with E-state index in [-0.39, 0.29) is 47.5 Å². The number of amides is 1. The number of phenols is 1. The van der Waals surface area contributed by atoms with E-state index < -0.39 is 5.60 Å². The summed E-state index contributed by atoms with van der Waals surface area (Å²) >= 11 is 0. The fourth-order valence-electron chi connectivity index (χ4n) is 6.63. The van der Waals surface area contributed by atoms with Crippen molar-refractivity contribution in [2.45, 2.75) is 82.6 Å². The summed E-state index contributed by atoms with van der Waals surface area (Å²) in [6, 6.07) is 1.83. The van der Waals surface area contributed by atoms with Crippen molar-refractivity contribution in [2.24, 2.45) is 5.92 Å². The lowest BCUT2D eigenvalue weighted by atomic mass is 9.52. The fourth-order valence-corrected chi connectivity index (χ4v) is 6.63. The van der Waals surface area contributed by atoms with Gasteiger partial charge in [0.25, 0.3) is 0 Å². The van der Waals surface area contributed by atoms with Crippen molar-refractivity contribution in [2.75, 3.05) is 13.6 Å². The van der Waals surface area contributed by atoms with Gasteiger partial charge in [-0.15, -0.1) is 0 Å². The summed E-state index contributed by atoms with van der Waals surface area (Å²) in [6.07, 6.45) is 6.58. The molecule has 1 aromatic rings. The number of benzene rings is 1. The molecule has 2 heterocycles. The fraction of sp³-hybridized carbons (Fsp3) is 0.615. The zero-order valence-corrected chi connectivity index (χ0v) is 20.1. The summed E-state index contributed by atoms with van der Waals surface area (Å²) in [7, 11) is 2.17. The number of carbonyl (C=O) groups is 2. The Morgan fingerprint density at radius 1 is 1.33 bits per heavy atom. The van der Waals surface area contributed by atoms with Crippen molar-refractivity contribution in [1.82, 2.24) is 10.2 Å². The van der Waals surface area contributed by atoms with Crippen LogP contribution in [0.5, 0.6) is 11.5 Å². The minimum atomic E-state index is -0.522. The molecule has 33 heavy (non-hydrogen) atoms. The molecule has 4 aliphatic rings. The Morgan fingerprint density at radius 3 is 2.79 bits per heavy atom. The standard InChI is InChI=1S/C26H34N2O5/c1-14(29)27-18-8-7-17-19-13-16-15(6-9-21(31)33-25(2,3)4)12-20(30)23-22(16)26(17,24(18)32-23)10-11-28(19)5/h7-8,12,17-19,24,30H,6,9-11,13H2,1-5H3,(H,27,29)/t17?,18-,19+,24-,26?/m0/s1. The van der Waals surface area contributed by atoms with E-state index in [4.69, 9.17) is 9.47 Å². The number of phenolic OH excluding ortho intramolecular Hbond substituents is 1. The highest BCUT2D eigenvalue weighted by Crippen LogP contribution is 2.63. The van der Waals surface area contributed by atoms with Gasteiger partial charge < -0.3 is 24.8 Å². The average molecular weight is 455 g/mol. The molecular weight excluding hydrogens is 420 g/mol. The number of aromatic hydroxyl groups is 1. The predicted molar refractivity (Wildman–Crippen MR) is 123 cm³/mol. The molecule has 2 aliphatic heterocycles. The van der Waals surface area contributed by atoms with Crippen molar-refractivity contribution >= 4 is 11.9 Å². The van der Waals surface area contributed by atoms with Crippen LogP contribution in [-0.2, 0) is 32.6 Å². The Bertz CT molecular complexity index is 1040. The number of aryl methyl sites for hydroxylation is 1. The highest BCUT2D eigenvalue weighted by molar-refractivity contribution is 5.74. The second-order valence-electron chi connectivity index (χ2n) is 11.0. The molecule has 0 saturated carbocycles. The predicted octanol–water partition coefficient (Wildman–Crippen LogP) is 2.62. The van der Waals surface area contributed by atoms with Gasteiger partial charge in [0.15, 0.2) is 11.5 Å². The topological polar surface area (TPSA) is 88.1 Å². The first-order valence-electron chi connectivity index (χ1n) is 11.9. The number of likely N-dealkylation sites (tertiary alicyclic amines) is 1. The molecule has 5 atom stereocenters. The molecule has 1 fully saturated rings. The SMILES string of the molecule is CC(=O)N[C@H]1C=CC2[C@H]3Cc4c(CCC(=O)OC(C)(C)C)cc(O)c5c4C2(CCN3C)[C@H]1O5. The minimum absolute atomic E-state index is 0.0955. The maximum Gasteiger partial charge on any atom is 0.306 e. The zero-order valence-electron chi connectivity index (χ0n) is 20.1. The van der Waals surface area contributed by atoms with E-state index in [0.29, 0.717) is 18.2 Å². The van der Waals surface area contributed by atoms with Crippen LogP contribution in [0.2, 0.25) is 0 Å². The van der Waals surface area contributed by atoms with E-state index in [2.05, 4.69) is 29.4 Å². The molecule has 2 N–H and O–H groups in total. The molecule has 1 aromatic carbocycles. The highest BCUT2D eigenvalue weighted by Gasteiger charge is 2.64. The van der Waals surface area contributed by atoms with Gasteiger partial charge in [-0.25, -0.2) is 0 Å². The van der Waals surface area contributed by atoms with E-state index in [0.717, 1.165) is 30.5 Å². The van der Waals surface area contributed by atoms with Crippen molar-refractivity contribution in [3.05, 3.63) is 34.9 Å². The summed E-state index contributed by atoms with van der Waals surface area (Å²) in [5, 5.41) is 14.1. The lowest BCUT2D eigenvalue weighted by Gasteiger charge is -2.57. The number of nitrogens with zero attached hydrogens (tertiary/aromatic N) is 1. The minimum Gasteiger partial charge on any atom is -0.504 e. The highest BCUT2D eigenvalue weighted by atomic mass is 16.6. The van der Waals surface area contributed by atoms with E-state index in [9.17, 15) is 14.7 Å². The van der Waals surface area contributed by atoms with Crippen molar-refractivity contribution in [1.29, 1.82) is 0 Å². The molecule has 2 aliphatic carbocycles. The van der Waals surface area contributed by atoms with Crippen LogP contribution in [0, 0.1) is 5.92 Å². The Hall–Kier alpha value is -2.54. The quantitative estimate of drug-likeness (QED) is 0.537. The van der Waals surface area contributed by atoms with Crippen LogP contribution < -0.4 is 10.1 Å². The number of carbonyl (C=O) groups excluding carboxylic acids is 2. The van der Waals surface area contributed by atoms with Crippen LogP contribution in [-0.4, -0.2) is 59.3 Å². The van der Waals surface area contributed by atoms with E-state index >= 15 is 0 Å². The number of ether oxygens (including phenoxy) is 2. The monoisotopic (exact) mass is 454 g/mol. The van der Waals surface area contributed by atoms with E-state index in [1.807, 2.05) is 20.8 Å². The lowest BCUT2D eigenvalue weighted by molar-refractivity contribution is -0.154. The normalized spacial score (nSPS) is 31.5. The lowest BCUT2D eigenvalue weighted by Crippen LogP contribution is -2.66. The average Bonchev–Trinajstić information content (AvgIpc) is 3.05. The molecule has 1 amide bonds. The first kappa shape index (κ1) is 22.3. The van der Waals surface area contributed by atoms with Gasteiger partial charge in [-0.3, -0.25) is 9.59 Å². The van der Waals surface area contributed by atoms with Crippen LogP contribution in [0.4, 0.5) is 0 Å². The molecule has 2 unspecified atom stereocenters. The van der Waals surface area contributed by atoms with Crippen molar-refractivity contribution < 1.29 is 24.2 Å². The number of likely N-dealkylation sites (N-methyl/N-ethyl adjacent to an activating group) is 1. The molecule has 178 valence electrons. The maximum absolute atomic E-state index is 12.4. The second kappa shape index (κ2) is 7.49. The van der Waals surface area contributed by atoms with E-state index in [1.165, 1.54) is 12.5 Å². The van der Waals surface area contributed by atoms with Crippen LogP contribution in [0.25, 0.3) is 0 Å². The number of esters is 1. The van der Waals surface area contributed by atoms with Gasteiger partial charge >= 0.3 is 5.97 Å². The molecule has 7 nitrogen and oxygen atoms in total. The Labute approximate surface area is 195 Å². The molecule has 0 aromatic heterocycles. The van der Waals surface area contributed by atoms with Gasteiger partial charge in [-0.05, 0) is 70.8 Å². The van der Waals surface area contributed by atoms with Crippen LogP contribution in [0.3, 0.4) is 0 Å². The third-order valence-electron chi connectivity index (χ3n) is 7.79. The number of hydrogen-bond acceptors (Lipinski definition) is 6. The van der Waals surface area contributed by atoms with E-state index in [1.54, 1.807) is 6.07 Å². The van der Waals surface area contributed by atoms with Crippen LogP contribution >= 0.6 is 0 Å². The molecule has 2 bridgehead atoms. The molecule has 1 spiro atoms. The molecule has 5 rings (SSSR count). The first-order chi connectivity index (χ1) is 15.5. The molecule has 7 heteroatoms. The van der Waals surface area contributed by atoms with Gasteiger partial charge in [0.1, 0.15) is 11.7 Å². The first-order valence-corrected chi connectivity index (χ1v) is 11.9. The smallest absolute Gasteiger partial charge is 0.306 e. The summed E-state index contributed by atoms with van der Waals surface area (Å²) in [4.78, 5) is 26.8. The van der Waals surface area contributed by atoms with Crippen molar-refractivity contribution in [3.63, 3.8) is 0 Å². The third kappa shape index (κ3) is 3.43. The molecular formula is C26H34N2O5. The zero-order chi connectivity index (χ0) is 23.7. The van der Waals surface area contributed by atoms with Crippen LogP contribution in [0.15, 0.2) is 18.2 Å². The largest absolute Gasteiger partial charge is 0.504 e. The summed E-state index contributed by atoms with van der Waals surface area (Å²) in [5.74, 6) is 0.596. The van der Waals surface area contributed by atoms with Gasteiger partial charge in [0, 0.05) is 36.3 Å². The maximum atomic E-state index is 12.4. The number of hydrogen-bond donors (Lipinski definition) is 2. The number of rotatable bonds is 4. The van der Waals surface area contributed by atoms with Crippen molar-refractivity contribution in [3.8, 4) is 11.5 Å². The van der Waals surface area contributed by atoms with Gasteiger partial charge in [0.05, 0.1) is 6.04 Å². The molecule has 1 saturated heterocycles. The number of nitrogens with one attached hydrogen (secondary N) is 1. The Morgan fingerprint density at radius 2 is 2.09 bits per heavy atom. The van der Waals surface area contributed by atoms with Gasteiger partial charge in [-0.1, -0.05) is 12.2 Å². The number of piperidine rings is 1. The van der Waals surface area contributed by atoms with Gasteiger partial charge in [0.2, 0.25) is 5.91 Å². The summed E-state index contributed by atoms with van der Waals surface area (Å²) in [6.45, 7) is 8.06.